The normalized spacial score (nSPS) is 23.2. The van der Waals surface area contributed by atoms with E-state index in [1.54, 1.807) is 0 Å². The second-order valence-electron chi connectivity index (χ2n) is 6.03. The summed E-state index contributed by atoms with van der Waals surface area (Å²) < 4.78 is 5.76. The van der Waals surface area contributed by atoms with E-state index < -0.39 is 0 Å². The zero-order valence-corrected chi connectivity index (χ0v) is 12.7. The van der Waals surface area contributed by atoms with E-state index in [-0.39, 0.29) is 24.2 Å². The first-order valence-corrected chi connectivity index (χ1v) is 7.85. The smallest absolute Gasteiger partial charge is 0.315 e. The maximum Gasteiger partial charge on any atom is 0.315 e. The van der Waals surface area contributed by atoms with E-state index in [4.69, 9.17) is 4.42 Å². The molecule has 1 heterocycles. The number of carbonyl (C=O) groups is 1. The molecule has 3 rings (SSSR count). The van der Waals surface area contributed by atoms with Crippen molar-refractivity contribution < 1.29 is 14.3 Å². The SMILES string of the molecule is CC(NC(=O)NC1CCC(O)CC1)c1cc2ccccc2o1. The minimum absolute atomic E-state index is 0.145. The molecular weight excluding hydrogens is 280 g/mol. The second-order valence-corrected chi connectivity index (χ2v) is 6.03. The molecule has 0 saturated heterocycles. The van der Waals surface area contributed by atoms with Crippen molar-refractivity contribution in [2.75, 3.05) is 0 Å². The number of amides is 2. The highest BCUT2D eigenvalue weighted by Gasteiger charge is 2.22. The number of para-hydroxylation sites is 1. The Bertz CT molecular complexity index is 611. The van der Waals surface area contributed by atoms with E-state index >= 15 is 0 Å². The highest BCUT2D eigenvalue weighted by Crippen LogP contribution is 2.23. The van der Waals surface area contributed by atoms with Crippen LogP contribution < -0.4 is 10.6 Å². The number of furan rings is 1. The van der Waals surface area contributed by atoms with Crippen LogP contribution in [0.15, 0.2) is 34.7 Å². The number of rotatable bonds is 3. The van der Waals surface area contributed by atoms with Gasteiger partial charge in [-0.1, -0.05) is 18.2 Å². The van der Waals surface area contributed by atoms with Crippen molar-refractivity contribution in [2.45, 2.75) is 50.8 Å². The van der Waals surface area contributed by atoms with Crippen molar-refractivity contribution in [1.29, 1.82) is 0 Å². The molecule has 2 aromatic rings. The Kier molecular flexibility index (Phi) is 4.34. The Balaban J connectivity index is 1.56. The number of benzene rings is 1. The molecule has 1 fully saturated rings. The van der Waals surface area contributed by atoms with Gasteiger partial charge in [-0.15, -0.1) is 0 Å². The van der Waals surface area contributed by atoms with Crippen LogP contribution >= 0.6 is 0 Å². The number of aliphatic hydroxyl groups excluding tert-OH is 1. The van der Waals surface area contributed by atoms with Gasteiger partial charge in [0.1, 0.15) is 11.3 Å². The van der Waals surface area contributed by atoms with Crippen molar-refractivity contribution in [1.82, 2.24) is 10.6 Å². The molecule has 2 amide bonds. The monoisotopic (exact) mass is 302 g/mol. The zero-order chi connectivity index (χ0) is 15.5. The number of urea groups is 1. The van der Waals surface area contributed by atoms with Crippen molar-refractivity contribution in [3.63, 3.8) is 0 Å². The fraction of sp³-hybridized carbons (Fsp3) is 0.471. The van der Waals surface area contributed by atoms with E-state index in [9.17, 15) is 9.90 Å². The van der Waals surface area contributed by atoms with Crippen molar-refractivity contribution in [2.24, 2.45) is 0 Å². The summed E-state index contributed by atoms with van der Waals surface area (Å²) in [6.45, 7) is 1.90. The summed E-state index contributed by atoms with van der Waals surface area (Å²) in [5.74, 6) is 0.746. The standard InChI is InChI=1S/C17H22N2O3/c1-11(16-10-12-4-2-3-5-15(12)22-16)18-17(21)19-13-6-8-14(20)9-7-13/h2-5,10-11,13-14,20H,6-9H2,1H3,(H2,18,19,21). The first kappa shape index (κ1) is 14.9. The molecule has 5 heteroatoms. The van der Waals surface area contributed by atoms with Crippen LogP contribution in [0.4, 0.5) is 4.79 Å². The maximum absolute atomic E-state index is 12.1. The lowest BCUT2D eigenvalue weighted by molar-refractivity contribution is 0.117. The predicted octanol–water partition coefficient (Wildman–Crippen LogP) is 3.10. The van der Waals surface area contributed by atoms with Crippen LogP contribution in [0.1, 0.15) is 44.4 Å². The number of aliphatic hydroxyl groups is 1. The van der Waals surface area contributed by atoms with Crippen LogP contribution in [0.5, 0.6) is 0 Å². The van der Waals surface area contributed by atoms with Crippen molar-refractivity contribution >= 4 is 17.0 Å². The first-order valence-electron chi connectivity index (χ1n) is 7.85. The summed E-state index contributed by atoms with van der Waals surface area (Å²) >= 11 is 0. The summed E-state index contributed by atoms with van der Waals surface area (Å²) in [7, 11) is 0. The second kappa shape index (κ2) is 6.40. The zero-order valence-electron chi connectivity index (χ0n) is 12.7. The molecule has 0 bridgehead atoms. The van der Waals surface area contributed by atoms with Gasteiger partial charge in [-0.25, -0.2) is 4.79 Å². The average molecular weight is 302 g/mol. The van der Waals surface area contributed by atoms with Crippen molar-refractivity contribution in [3.05, 3.63) is 36.1 Å². The number of carbonyl (C=O) groups excluding carboxylic acids is 1. The van der Waals surface area contributed by atoms with Crippen LogP contribution in [0.3, 0.4) is 0 Å². The molecule has 1 aromatic heterocycles. The predicted molar refractivity (Wildman–Crippen MR) is 84.6 cm³/mol. The number of fused-ring (bicyclic) bond motifs is 1. The molecular formula is C17H22N2O3. The van der Waals surface area contributed by atoms with Gasteiger partial charge in [0, 0.05) is 11.4 Å². The molecule has 1 unspecified atom stereocenters. The molecule has 1 atom stereocenters. The summed E-state index contributed by atoms with van der Waals surface area (Å²) in [5, 5.41) is 16.4. The van der Waals surface area contributed by atoms with E-state index in [1.165, 1.54) is 0 Å². The van der Waals surface area contributed by atoms with Crippen LogP contribution in [-0.2, 0) is 0 Å². The van der Waals surface area contributed by atoms with Crippen LogP contribution in [0, 0.1) is 0 Å². The third-order valence-electron chi connectivity index (χ3n) is 4.25. The van der Waals surface area contributed by atoms with Crippen LogP contribution in [0.25, 0.3) is 11.0 Å². The first-order chi connectivity index (χ1) is 10.6. The Morgan fingerprint density at radius 1 is 1.27 bits per heavy atom. The molecule has 22 heavy (non-hydrogen) atoms. The van der Waals surface area contributed by atoms with E-state index in [2.05, 4.69) is 10.6 Å². The van der Waals surface area contributed by atoms with E-state index in [0.29, 0.717) is 0 Å². The van der Waals surface area contributed by atoms with E-state index in [0.717, 1.165) is 42.4 Å². The number of hydrogen-bond donors (Lipinski definition) is 3. The molecule has 0 radical (unpaired) electrons. The maximum atomic E-state index is 12.1. The molecule has 3 N–H and O–H groups in total. The van der Waals surface area contributed by atoms with Gasteiger partial charge in [0.2, 0.25) is 0 Å². The minimum atomic E-state index is -0.212. The minimum Gasteiger partial charge on any atom is -0.459 e. The Morgan fingerprint density at radius 3 is 2.73 bits per heavy atom. The third-order valence-corrected chi connectivity index (χ3v) is 4.25. The van der Waals surface area contributed by atoms with Gasteiger partial charge in [0.15, 0.2) is 0 Å². The largest absolute Gasteiger partial charge is 0.459 e. The summed E-state index contributed by atoms with van der Waals surface area (Å²) in [6, 6.07) is 9.52. The lowest BCUT2D eigenvalue weighted by Gasteiger charge is -2.26. The summed E-state index contributed by atoms with van der Waals surface area (Å²) in [4.78, 5) is 12.1. The lowest BCUT2D eigenvalue weighted by Crippen LogP contribution is -2.44. The molecule has 0 spiro atoms. The van der Waals surface area contributed by atoms with Crippen LogP contribution in [-0.4, -0.2) is 23.3 Å². The van der Waals surface area contributed by atoms with Gasteiger partial charge < -0.3 is 20.2 Å². The van der Waals surface area contributed by atoms with Gasteiger partial charge in [-0.05, 0) is 44.7 Å². The highest BCUT2D eigenvalue weighted by atomic mass is 16.3. The van der Waals surface area contributed by atoms with Gasteiger partial charge in [0.25, 0.3) is 0 Å². The van der Waals surface area contributed by atoms with Gasteiger partial charge >= 0.3 is 6.03 Å². The molecule has 118 valence electrons. The summed E-state index contributed by atoms with van der Waals surface area (Å²) in [6.07, 6.45) is 2.95. The Morgan fingerprint density at radius 2 is 2.00 bits per heavy atom. The lowest BCUT2D eigenvalue weighted by atomic mass is 9.93. The van der Waals surface area contributed by atoms with Gasteiger partial charge in [-0.3, -0.25) is 0 Å². The van der Waals surface area contributed by atoms with Crippen LogP contribution in [0.2, 0.25) is 0 Å². The molecule has 1 aliphatic carbocycles. The van der Waals surface area contributed by atoms with Crippen molar-refractivity contribution in [3.8, 4) is 0 Å². The third kappa shape index (κ3) is 3.42. The number of nitrogens with one attached hydrogen (secondary N) is 2. The summed E-state index contributed by atoms with van der Waals surface area (Å²) in [5.41, 5.74) is 0.827. The molecule has 0 aliphatic heterocycles. The average Bonchev–Trinajstić information content (AvgIpc) is 2.93. The molecule has 1 aliphatic rings. The van der Waals surface area contributed by atoms with E-state index in [1.807, 2.05) is 37.3 Å². The number of hydrogen-bond acceptors (Lipinski definition) is 3. The fourth-order valence-electron chi connectivity index (χ4n) is 2.93. The Labute approximate surface area is 129 Å². The molecule has 5 nitrogen and oxygen atoms in total. The molecule has 1 aromatic carbocycles. The fourth-order valence-corrected chi connectivity index (χ4v) is 2.93. The highest BCUT2D eigenvalue weighted by molar-refractivity contribution is 5.78. The quantitative estimate of drug-likeness (QED) is 0.815. The van der Waals surface area contributed by atoms with Gasteiger partial charge in [-0.2, -0.15) is 0 Å². The topological polar surface area (TPSA) is 74.5 Å². The molecule has 1 saturated carbocycles. The van der Waals surface area contributed by atoms with Gasteiger partial charge in [0.05, 0.1) is 12.1 Å². The Hall–Kier alpha value is -2.01.